The molecule has 1 N–H and O–H groups in total. The van der Waals surface area contributed by atoms with Crippen LogP contribution in [-0.2, 0) is 0 Å². The molecule has 1 aromatic rings. The van der Waals surface area contributed by atoms with Crippen molar-refractivity contribution < 1.29 is 10.0 Å². The molecule has 0 fully saturated rings. The fraction of sp³-hybridized carbons (Fsp3) is 0.429. The first-order valence-corrected chi connectivity index (χ1v) is 6.06. The van der Waals surface area contributed by atoms with Crippen molar-refractivity contribution in [3.8, 4) is 5.75 Å². The van der Waals surface area contributed by atoms with Gasteiger partial charge in [-0.05, 0) is 47.9 Å². The number of nitrogens with zero attached hydrogens (tertiary/aromatic N) is 1. The molecule has 0 radical (unpaired) electrons. The highest BCUT2D eigenvalue weighted by Crippen LogP contribution is 2.40. The second-order valence-electron chi connectivity index (χ2n) is 5.57. The molecule has 0 aliphatic heterocycles. The van der Waals surface area contributed by atoms with Crippen LogP contribution in [0.3, 0.4) is 0 Å². The van der Waals surface area contributed by atoms with Gasteiger partial charge in [-0.15, -0.1) is 0 Å². The molecular formula is C14H17NO3. The Kier molecular flexibility index (Phi) is 3.11. The Balaban J connectivity index is 2.33. The average Bonchev–Trinajstić information content (AvgIpc) is 2.27. The topological polar surface area (TPSA) is 63.4 Å². The van der Waals surface area contributed by atoms with E-state index in [2.05, 4.69) is 19.9 Å². The standard InChI is InChI=1S/C14H17NO3/c1-14(2)7-3-4-11(9-14)10-5-6-12(15(17)18)13(16)8-10/h4-6,8,16H,3,7,9H2,1-2H3. The maximum absolute atomic E-state index is 10.6. The summed E-state index contributed by atoms with van der Waals surface area (Å²) in [5.41, 5.74) is 2.05. The molecule has 0 spiro atoms. The van der Waals surface area contributed by atoms with Gasteiger partial charge >= 0.3 is 5.69 Å². The van der Waals surface area contributed by atoms with Crippen molar-refractivity contribution in [3.05, 3.63) is 40.0 Å². The average molecular weight is 247 g/mol. The monoisotopic (exact) mass is 247 g/mol. The fourth-order valence-corrected chi connectivity index (χ4v) is 2.41. The van der Waals surface area contributed by atoms with Gasteiger partial charge in [0.05, 0.1) is 4.92 Å². The molecule has 1 aromatic carbocycles. The van der Waals surface area contributed by atoms with Gasteiger partial charge < -0.3 is 5.11 Å². The number of hydrogen-bond donors (Lipinski definition) is 1. The lowest BCUT2D eigenvalue weighted by atomic mass is 9.76. The molecule has 96 valence electrons. The zero-order chi connectivity index (χ0) is 13.3. The predicted octanol–water partition coefficient (Wildman–Crippen LogP) is 3.89. The van der Waals surface area contributed by atoms with E-state index in [0.29, 0.717) is 0 Å². The van der Waals surface area contributed by atoms with Crippen molar-refractivity contribution in [2.45, 2.75) is 33.1 Å². The van der Waals surface area contributed by atoms with Crippen molar-refractivity contribution in [2.75, 3.05) is 0 Å². The molecule has 4 nitrogen and oxygen atoms in total. The Morgan fingerprint density at radius 1 is 1.39 bits per heavy atom. The normalized spacial score (nSPS) is 18.2. The van der Waals surface area contributed by atoms with Crippen LogP contribution in [0, 0.1) is 15.5 Å². The smallest absolute Gasteiger partial charge is 0.310 e. The Labute approximate surface area is 106 Å². The van der Waals surface area contributed by atoms with Gasteiger partial charge in [-0.1, -0.05) is 19.9 Å². The quantitative estimate of drug-likeness (QED) is 0.636. The molecule has 0 bridgehead atoms. The number of allylic oxidation sites excluding steroid dienone is 2. The van der Waals surface area contributed by atoms with Crippen LogP contribution in [0.5, 0.6) is 5.75 Å². The minimum Gasteiger partial charge on any atom is -0.502 e. The summed E-state index contributed by atoms with van der Waals surface area (Å²) in [4.78, 5) is 10.1. The molecule has 0 saturated heterocycles. The maximum atomic E-state index is 10.6. The van der Waals surface area contributed by atoms with Crippen LogP contribution in [0.25, 0.3) is 5.57 Å². The Morgan fingerprint density at radius 3 is 2.67 bits per heavy atom. The Morgan fingerprint density at radius 2 is 2.11 bits per heavy atom. The summed E-state index contributed by atoms with van der Waals surface area (Å²) in [5, 5.41) is 20.3. The van der Waals surface area contributed by atoms with Crippen LogP contribution < -0.4 is 0 Å². The van der Waals surface area contributed by atoms with Crippen molar-refractivity contribution in [1.29, 1.82) is 0 Å². The second kappa shape index (κ2) is 4.44. The summed E-state index contributed by atoms with van der Waals surface area (Å²) in [6.45, 7) is 4.43. The number of benzene rings is 1. The molecule has 0 saturated carbocycles. The highest BCUT2D eigenvalue weighted by atomic mass is 16.6. The van der Waals surface area contributed by atoms with E-state index in [9.17, 15) is 15.2 Å². The molecule has 1 aliphatic rings. The number of aromatic hydroxyl groups is 1. The molecule has 0 atom stereocenters. The van der Waals surface area contributed by atoms with Crippen LogP contribution in [0.15, 0.2) is 24.3 Å². The third-order valence-electron chi connectivity index (χ3n) is 3.42. The van der Waals surface area contributed by atoms with Crippen LogP contribution >= 0.6 is 0 Å². The number of rotatable bonds is 2. The highest BCUT2D eigenvalue weighted by Gasteiger charge is 2.24. The van der Waals surface area contributed by atoms with E-state index in [1.54, 1.807) is 6.07 Å². The van der Waals surface area contributed by atoms with Gasteiger partial charge in [-0.2, -0.15) is 0 Å². The minimum atomic E-state index is -0.571. The van der Waals surface area contributed by atoms with E-state index in [0.717, 1.165) is 30.4 Å². The molecule has 0 aromatic heterocycles. The molecular weight excluding hydrogens is 230 g/mol. The van der Waals surface area contributed by atoms with Gasteiger partial charge in [0.15, 0.2) is 5.75 Å². The maximum Gasteiger partial charge on any atom is 0.310 e. The third-order valence-corrected chi connectivity index (χ3v) is 3.42. The van der Waals surface area contributed by atoms with E-state index in [1.165, 1.54) is 12.1 Å². The minimum absolute atomic E-state index is 0.241. The van der Waals surface area contributed by atoms with Gasteiger partial charge in [0.1, 0.15) is 0 Å². The van der Waals surface area contributed by atoms with Crippen molar-refractivity contribution in [2.24, 2.45) is 5.41 Å². The van der Waals surface area contributed by atoms with Crippen molar-refractivity contribution >= 4 is 11.3 Å². The van der Waals surface area contributed by atoms with Gasteiger partial charge in [-0.3, -0.25) is 10.1 Å². The van der Waals surface area contributed by atoms with E-state index in [1.807, 2.05) is 0 Å². The van der Waals surface area contributed by atoms with Gasteiger partial charge in [0.2, 0.25) is 0 Å². The molecule has 1 aliphatic carbocycles. The SMILES string of the molecule is CC1(C)CCC=C(c2ccc([N+](=O)[O-])c(O)c2)C1. The van der Waals surface area contributed by atoms with Crippen molar-refractivity contribution in [3.63, 3.8) is 0 Å². The predicted molar refractivity (Wildman–Crippen MR) is 70.4 cm³/mol. The van der Waals surface area contributed by atoms with E-state index in [-0.39, 0.29) is 16.9 Å². The molecule has 4 heteroatoms. The summed E-state index contributed by atoms with van der Waals surface area (Å²) in [7, 11) is 0. The molecule has 0 amide bonds. The van der Waals surface area contributed by atoms with Crippen LogP contribution in [0.1, 0.15) is 38.7 Å². The lowest BCUT2D eigenvalue weighted by molar-refractivity contribution is -0.385. The number of nitro groups is 1. The Bertz CT molecular complexity index is 518. The largest absolute Gasteiger partial charge is 0.502 e. The van der Waals surface area contributed by atoms with Gasteiger partial charge in [-0.25, -0.2) is 0 Å². The second-order valence-corrected chi connectivity index (χ2v) is 5.57. The number of phenols is 1. The number of hydrogen-bond acceptors (Lipinski definition) is 3. The molecule has 18 heavy (non-hydrogen) atoms. The molecule has 0 heterocycles. The first kappa shape index (κ1) is 12.6. The summed E-state index contributed by atoms with van der Waals surface area (Å²) in [6, 6.07) is 4.57. The summed E-state index contributed by atoms with van der Waals surface area (Å²) >= 11 is 0. The highest BCUT2D eigenvalue weighted by molar-refractivity contribution is 5.69. The summed E-state index contributed by atoms with van der Waals surface area (Å²) in [6.07, 6.45) is 5.26. The van der Waals surface area contributed by atoms with E-state index < -0.39 is 4.92 Å². The third kappa shape index (κ3) is 2.53. The first-order chi connectivity index (χ1) is 8.39. The zero-order valence-corrected chi connectivity index (χ0v) is 10.6. The lowest BCUT2D eigenvalue weighted by Crippen LogP contribution is -2.15. The molecule has 0 unspecified atom stereocenters. The van der Waals surface area contributed by atoms with E-state index in [4.69, 9.17) is 0 Å². The fourth-order valence-electron chi connectivity index (χ4n) is 2.41. The summed E-state index contributed by atoms with van der Waals surface area (Å²) < 4.78 is 0. The molecule has 2 rings (SSSR count). The van der Waals surface area contributed by atoms with Gasteiger partial charge in [0, 0.05) is 6.07 Å². The van der Waals surface area contributed by atoms with Crippen LogP contribution in [0.4, 0.5) is 5.69 Å². The van der Waals surface area contributed by atoms with E-state index >= 15 is 0 Å². The first-order valence-electron chi connectivity index (χ1n) is 6.06. The summed E-state index contributed by atoms with van der Waals surface area (Å²) in [5.74, 6) is -0.262. The van der Waals surface area contributed by atoms with Gasteiger partial charge in [0.25, 0.3) is 0 Å². The zero-order valence-electron chi connectivity index (χ0n) is 10.6. The lowest BCUT2D eigenvalue weighted by Gasteiger charge is -2.29. The number of nitro benzene ring substituents is 1. The van der Waals surface area contributed by atoms with Crippen molar-refractivity contribution in [1.82, 2.24) is 0 Å². The van der Waals surface area contributed by atoms with Crippen LogP contribution in [-0.4, -0.2) is 10.0 Å². The van der Waals surface area contributed by atoms with Crippen LogP contribution in [0.2, 0.25) is 0 Å². The number of phenolic OH excluding ortho intramolecular Hbond substituents is 1. The Hall–Kier alpha value is -1.84.